The smallest absolute Gasteiger partial charge is 0.423 e. The summed E-state index contributed by atoms with van der Waals surface area (Å²) >= 11 is 1.36. The van der Waals surface area contributed by atoms with Crippen LogP contribution in [0.1, 0.15) is 4.88 Å². The first-order chi connectivity index (χ1) is 5.24. The van der Waals surface area contributed by atoms with Crippen LogP contribution < -0.4 is 5.46 Å². The van der Waals surface area contributed by atoms with E-state index in [2.05, 4.69) is 0 Å². The molecule has 0 radical (unpaired) electrons. The van der Waals surface area contributed by atoms with Gasteiger partial charge >= 0.3 is 7.12 Å². The second kappa shape index (κ2) is 3.53. The minimum atomic E-state index is -1.42. The standard InChI is InChI=1S/C6H6BNO2S/c8-2-1-6-3-5(4-11-6)7(9)10/h3-4,9-10H,1H2. The maximum absolute atomic E-state index is 8.68. The molecule has 1 heterocycles. The Hall–Kier alpha value is -0.825. The Bertz CT molecular complexity index is 278. The Morgan fingerprint density at radius 2 is 2.36 bits per heavy atom. The molecule has 1 aromatic rings. The van der Waals surface area contributed by atoms with Gasteiger partial charge in [-0.15, -0.1) is 11.3 Å². The van der Waals surface area contributed by atoms with Crippen molar-refractivity contribution in [3.8, 4) is 6.07 Å². The first kappa shape index (κ1) is 8.27. The van der Waals surface area contributed by atoms with Crippen molar-refractivity contribution < 1.29 is 10.0 Å². The number of hydrogen-bond acceptors (Lipinski definition) is 4. The van der Waals surface area contributed by atoms with Gasteiger partial charge in [-0.1, -0.05) is 0 Å². The monoisotopic (exact) mass is 167 g/mol. The molecule has 0 atom stereocenters. The van der Waals surface area contributed by atoms with E-state index in [4.69, 9.17) is 15.3 Å². The van der Waals surface area contributed by atoms with E-state index in [-0.39, 0.29) is 0 Å². The zero-order valence-electron chi connectivity index (χ0n) is 5.69. The van der Waals surface area contributed by atoms with Crippen molar-refractivity contribution in [3.63, 3.8) is 0 Å². The molecule has 2 N–H and O–H groups in total. The van der Waals surface area contributed by atoms with Crippen LogP contribution in [-0.2, 0) is 6.42 Å². The fraction of sp³-hybridized carbons (Fsp3) is 0.167. The van der Waals surface area contributed by atoms with Crippen LogP contribution in [0.3, 0.4) is 0 Å². The van der Waals surface area contributed by atoms with E-state index in [0.717, 1.165) is 4.88 Å². The quantitative estimate of drug-likeness (QED) is 0.583. The molecule has 5 heteroatoms. The van der Waals surface area contributed by atoms with Crippen molar-refractivity contribution in [2.24, 2.45) is 0 Å². The lowest BCUT2D eigenvalue weighted by molar-refractivity contribution is 0.426. The highest BCUT2D eigenvalue weighted by Crippen LogP contribution is 2.06. The van der Waals surface area contributed by atoms with Gasteiger partial charge in [0.1, 0.15) is 0 Å². The zero-order chi connectivity index (χ0) is 8.27. The van der Waals surface area contributed by atoms with Gasteiger partial charge in [-0.2, -0.15) is 5.26 Å². The van der Waals surface area contributed by atoms with Crippen molar-refractivity contribution in [2.45, 2.75) is 6.42 Å². The molecule has 0 aliphatic carbocycles. The summed E-state index contributed by atoms with van der Waals surface area (Å²) in [6, 6.07) is 3.61. The lowest BCUT2D eigenvalue weighted by Gasteiger charge is -1.88. The Balaban J connectivity index is 2.75. The summed E-state index contributed by atoms with van der Waals surface area (Å²) in [7, 11) is -1.42. The highest BCUT2D eigenvalue weighted by molar-refractivity contribution is 7.11. The minimum Gasteiger partial charge on any atom is -0.423 e. The van der Waals surface area contributed by atoms with Crippen LogP contribution in [0, 0.1) is 11.3 Å². The number of nitriles is 1. The number of thiophene rings is 1. The minimum absolute atomic E-state index is 0.331. The third-order valence-corrected chi connectivity index (χ3v) is 2.18. The van der Waals surface area contributed by atoms with Gasteiger partial charge in [0.15, 0.2) is 0 Å². The fourth-order valence-electron chi connectivity index (χ4n) is 0.704. The molecule has 0 aliphatic rings. The SMILES string of the molecule is N#CCc1cc(B(O)O)cs1. The molecule has 0 unspecified atom stereocenters. The normalized spacial score (nSPS) is 9.18. The van der Waals surface area contributed by atoms with Gasteiger partial charge in [0, 0.05) is 4.88 Å². The van der Waals surface area contributed by atoms with E-state index in [9.17, 15) is 0 Å². The van der Waals surface area contributed by atoms with Gasteiger partial charge in [0.25, 0.3) is 0 Å². The number of nitrogens with zero attached hydrogens (tertiary/aromatic N) is 1. The molecular weight excluding hydrogens is 161 g/mol. The Kier molecular flexibility index (Phi) is 2.66. The molecule has 0 spiro atoms. The van der Waals surface area contributed by atoms with Gasteiger partial charge in [-0.3, -0.25) is 0 Å². The van der Waals surface area contributed by atoms with Crippen LogP contribution in [0.25, 0.3) is 0 Å². The number of rotatable bonds is 2. The van der Waals surface area contributed by atoms with Crippen molar-refractivity contribution in [1.82, 2.24) is 0 Å². The van der Waals surface area contributed by atoms with Gasteiger partial charge in [-0.25, -0.2) is 0 Å². The topological polar surface area (TPSA) is 64.2 Å². The van der Waals surface area contributed by atoms with E-state index in [1.165, 1.54) is 11.3 Å². The van der Waals surface area contributed by atoms with Gasteiger partial charge < -0.3 is 10.0 Å². The largest absolute Gasteiger partial charge is 0.489 e. The molecule has 0 fully saturated rings. The summed E-state index contributed by atoms with van der Waals surface area (Å²) < 4.78 is 0. The predicted molar refractivity (Wildman–Crippen MR) is 43.5 cm³/mol. The van der Waals surface area contributed by atoms with Crippen molar-refractivity contribution >= 4 is 23.9 Å². The molecule has 0 bridgehead atoms. The first-order valence-corrected chi connectivity index (χ1v) is 3.92. The van der Waals surface area contributed by atoms with Crippen LogP contribution in [0.2, 0.25) is 0 Å². The molecule has 0 amide bonds. The lowest BCUT2D eigenvalue weighted by atomic mass is 9.82. The van der Waals surface area contributed by atoms with Crippen LogP contribution in [0.15, 0.2) is 11.4 Å². The van der Waals surface area contributed by atoms with Crippen molar-refractivity contribution in [3.05, 3.63) is 16.3 Å². The van der Waals surface area contributed by atoms with Crippen LogP contribution in [0.5, 0.6) is 0 Å². The van der Waals surface area contributed by atoms with E-state index >= 15 is 0 Å². The third kappa shape index (κ3) is 2.05. The highest BCUT2D eigenvalue weighted by atomic mass is 32.1. The van der Waals surface area contributed by atoms with Crippen LogP contribution in [0.4, 0.5) is 0 Å². The lowest BCUT2D eigenvalue weighted by Crippen LogP contribution is -2.27. The Labute approximate surface area is 68.7 Å². The molecule has 3 nitrogen and oxygen atoms in total. The molecule has 0 saturated carbocycles. The van der Waals surface area contributed by atoms with Gasteiger partial charge in [0.2, 0.25) is 0 Å². The highest BCUT2D eigenvalue weighted by Gasteiger charge is 2.12. The van der Waals surface area contributed by atoms with Gasteiger partial charge in [-0.05, 0) is 16.9 Å². The summed E-state index contributed by atoms with van der Waals surface area (Å²) in [6.45, 7) is 0. The molecule has 56 valence electrons. The number of hydrogen-bond donors (Lipinski definition) is 2. The molecule has 0 aromatic carbocycles. The zero-order valence-corrected chi connectivity index (χ0v) is 6.51. The summed E-state index contributed by atoms with van der Waals surface area (Å²) in [6.07, 6.45) is 0.331. The molecule has 1 rings (SSSR count). The van der Waals surface area contributed by atoms with Crippen LogP contribution >= 0.6 is 11.3 Å². The summed E-state index contributed by atoms with van der Waals surface area (Å²) in [4.78, 5) is 0.857. The second-order valence-electron chi connectivity index (χ2n) is 2.05. The molecule has 0 saturated heterocycles. The Morgan fingerprint density at radius 3 is 2.82 bits per heavy atom. The van der Waals surface area contributed by atoms with E-state index in [0.29, 0.717) is 11.9 Å². The van der Waals surface area contributed by atoms with Gasteiger partial charge in [0.05, 0.1) is 12.5 Å². The summed E-state index contributed by atoms with van der Waals surface area (Å²) in [5, 5.41) is 27.3. The maximum atomic E-state index is 8.68. The second-order valence-corrected chi connectivity index (χ2v) is 3.05. The summed E-state index contributed by atoms with van der Waals surface area (Å²) in [5.74, 6) is 0. The third-order valence-electron chi connectivity index (χ3n) is 1.23. The molecular formula is C6H6BNO2S. The predicted octanol–water partition coefficient (Wildman–Crippen LogP) is -0.506. The van der Waals surface area contributed by atoms with Crippen molar-refractivity contribution in [2.75, 3.05) is 0 Å². The van der Waals surface area contributed by atoms with E-state index in [1.807, 2.05) is 6.07 Å². The average Bonchev–Trinajstić information content (AvgIpc) is 2.37. The fourth-order valence-corrected chi connectivity index (χ4v) is 1.53. The first-order valence-electron chi connectivity index (χ1n) is 3.04. The maximum Gasteiger partial charge on any atom is 0.489 e. The van der Waals surface area contributed by atoms with Crippen LogP contribution in [-0.4, -0.2) is 17.2 Å². The Morgan fingerprint density at radius 1 is 1.64 bits per heavy atom. The van der Waals surface area contributed by atoms with Crippen molar-refractivity contribution in [1.29, 1.82) is 5.26 Å². The molecule has 0 aliphatic heterocycles. The molecule has 11 heavy (non-hydrogen) atoms. The van der Waals surface area contributed by atoms with E-state index in [1.54, 1.807) is 11.4 Å². The molecule has 1 aromatic heterocycles. The van der Waals surface area contributed by atoms with E-state index < -0.39 is 7.12 Å². The summed E-state index contributed by atoms with van der Waals surface area (Å²) in [5.41, 5.74) is 0.459. The average molecular weight is 167 g/mol.